The molecular weight excluding hydrogens is 350 g/mol. The summed E-state index contributed by atoms with van der Waals surface area (Å²) in [5, 5.41) is 2.68. The highest BCUT2D eigenvalue weighted by Gasteiger charge is 2.19. The molecule has 144 valence electrons. The maximum absolute atomic E-state index is 2.47. The van der Waals surface area contributed by atoms with Crippen LogP contribution in [0.1, 0.15) is 30.5 Å². The first-order valence-corrected chi connectivity index (χ1v) is 10.7. The topological polar surface area (TPSA) is 3.24 Å². The third kappa shape index (κ3) is 3.26. The Morgan fingerprint density at radius 1 is 0.621 bits per heavy atom. The molecule has 5 rings (SSSR count). The maximum atomic E-state index is 2.47. The molecular formula is C28H27N. The summed E-state index contributed by atoms with van der Waals surface area (Å²) in [6.07, 6.45) is 0.983. The van der Waals surface area contributed by atoms with E-state index in [1.54, 1.807) is 0 Å². The molecule has 1 nitrogen and oxygen atoms in total. The monoisotopic (exact) mass is 377 g/mol. The summed E-state index contributed by atoms with van der Waals surface area (Å²) in [4.78, 5) is 2.47. The van der Waals surface area contributed by atoms with Crippen LogP contribution in [0.2, 0.25) is 0 Å². The number of hydrogen-bond donors (Lipinski definition) is 0. The Morgan fingerprint density at radius 3 is 2.07 bits per heavy atom. The lowest BCUT2D eigenvalue weighted by atomic mass is 9.92. The van der Waals surface area contributed by atoms with Gasteiger partial charge in [-0.2, -0.15) is 0 Å². The van der Waals surface area contributed by atoms with E-state index >= 15 is 0 Å². The summed E-state index contributed by atoms with van der Waals surface area (Å²) < 4.78 is 0. The number of benzene rings is 4. The van der Waals surface area contributed by atoms with Crippen molar-refractivity contribution in [2.24, 2.45) is 0 Å². The predicted molar refractivity (Wildman–Crippen MR) is 124 cm³/mol. The third-order valence-electron chi connectivity index (χ3n) is 6.33. The quantitative estimate of drug-likeness (QED) is 0.328. The van der Waals surface area contributed by atoms with Crippen molar-refractivity contribution in [1.29, 1.82) is 0 Å². The molecule has 0 saturated heterocycles. The van der Waals surface area contributed by atoms with Crippen molar-refractivity contribution in [2.45, 2.75) is 26.8 Å². The molecule has 4 aromatic carbocycles. The van der Waals surface area contributed by atoms with Gasteiger partial charge < -0.3 is 0 Å². The highest BCUT2D eigenvalue weighted by Crippen LogP contribution is 2.41. The maximum Gasteiger partial charge on any atom is 0.0233 e. The fourth-order valence-electron chi connectivity index (χ4n) is 4.69. The van der Waals surface area contributed by atoms with Gasteiger partial charge in [0.25, 0.3) is 0 Å². The van der Waals surface area contributed by atoms with E-state index in [-0.39, 0.29) is 0 Å². The van der Waals surface area contributed by atoms with Gasteiger partial charge >= 0.3 is 0 Å². The Morgan fingerprint density at radius 2 is 1.31 bits per heavy atom. The van der Waals surface area contributed by atoms with Crippen molar-refractivity contribution in [1.82, 2.24) is 4.90 Å². The van der Waals surface area contributed by atoms with E-state index in [2.05, 4.69) is 97.6 Å². The van der Waals surface area contributed by atoms with Crippen LogP contribution < -0.4 is 0 Å². The van der Waals surface area contributed by atoms with Crippen molar-refractivity contribution >= 4 is 10.8 Å². The van der Waals surface area contributed by atoms with Gasteiger partial charge in [0.2, 0.25) is 0 Å². The minimum atomic E-state index is 0.983. The van der Waals surface area contributed by atoms with Crippen LogP contribution in [-0.2, 0) is 13.0 Å². The zero-order chi connectivity index (χ0) is 19.8. The molecule has 1 aliphatic rings. The van der Waals surface area contributed by atoms with Crippen LogP contribution in [0.15, 0.2) is 78.9 Å². The summed E-state index contributed by atoms with van der Waals surface area (Å²) in [6.45, 7) is 7.66. The Balaban J connectivity index is 1.69. The minimum absolute atomic E-state index is 0.983. The Kier molecular flexibility index (Phi) is 4.69. The number of fused-ring (bicyclic) bond motifs is 6. The van der Waals surface area contributed by atoms with Gasteiger partial charge in [-0.05, 0) is 81.4 Å². The SMILES string of the molecule is CCN(CC)Cc1ccc2cc3c(cc2c1)-c1ccccc1-c1ccccc1C3. The highest BCUT2D eigenvalue weighted by atomic mass is 15.1. The molecule has 0 aliphatic heterocycles. The van der Waals surface area contributed by atoms with Gasteiger partial charge in [0.05, 0.1) is 0 Å². The zero-order valence-electron chi connectivity index (χ0n) is 17.3. The van der Waals surface area contributed by atoms with Gasteiger partial charge in [0.15, 0.2) is 0 Å². The van der Waals surface area contributed by atoms with Crippen LogP contribution in [0.4, 0.5) is 0 Å². The molecule has 0 fully saturated rings. The molecule has 0 heterocycles. The van der Waals surface area contributed by atoms with Crippen LogP contribution in [0.5, 0.6) is 0 Å². The first-order chi connectivity index (χ1) is 14.3. The van der Waals surface area contributed by atoms with Gasteiger partial charge in [-0.25, -0.2) is 0 Å². The second-order valence-electron chi connectivity index (χ2n) is 8.03. The van der Waals surface area contributed by atoms with Crippen molar-refractivity contribution in [3.8, 4) is 22.3 Å². The van der Waals surface area contributed by atoms with E-state index in [9.17, 15) is 0 Å². The minimum Gasteiger partial charge on any atom is -0.300 e. The van der Waals surface area contributed by atoms with E-state index in [1.807, 2.05) is 0 Å². The Labute approximate surface area is 173 Å². The fraction of sp³-hybridized carbons (Fsp3) is 0.214. The first-order valence-electron chi connectivity index (χ1n) is 10.7. The van der Waals surface area contributed by atoms with E-state index in [0.29, 0.717) is 0 Å². The van der Waals surface area contributed by atoms with Gasteiger partial charge in [0.1, 0.15) is 0 Å². The van der Waals surface area contributed by atoms with Gasteiger partial charge in [-0.15, -0.1) is 0 Å². The van der Waals surface area contributed by atoms with Crippen molar-refractivity contribution in [2.75, 3.05) is 13.1 Å². The standard InChI is InChI=1S/C28H27N/c1-3-29(4-2)19-20-13-14-21-16-24-17-22-9-5-6-10-25(22)26-11-7-8-12-27(26)28(24)18-23(21)15-20/h5-16,18H,3-4,17,19H2,1-2H3. The average molecular weight is 378 g/mol. The second kappa shape index (κ2) is 7.50. The van der Waals surface area contributed by atoms with Gasteiger partial charge in [-0.1, -0.05) is 80.6 Å². The molecule has 0 spiro atoms. The molecule has 29 heavy (non-hydrogen) atoms. The van der Waals surface area contributed by atoms with E-state index in [4.69, 9.17) is 0 Å². The van der Waals surface area contributed by atoms with Crippen LogP contribution in [0.3, 0.4) is 0 Å². The molecule has 1 heteroatoms. The van der Waals surface area contributed by atoms with Crippen molar-refractivity contribution in [3.63, 3.8) is 0 Å². The Bertz CT molecular complexity index is 1180. The number of nitrogens with zero attached hydrogens (tertiary/aromatic N) is 1. The van der Waals surface area contributed by atoms with Crippen LogP contribution >= 0.6 is 0 Å². The lowest BCUT2D eigenvalue weighted by Crippen LogP contribution is -2.21. The van der Waals surface area contributed by atoms with Crippen LogP contribution in [0.25, 0.3) is 33.0 Å². The van der Waals surface area contributed by atoms with Gasteiger partial charge in [-0.3, -0.25) is 4.90 Å². The largest absolute Gasteiger partial charge is 0.300 e. The predicted octanol–water partition coefficient (Wildman–Crippen LogP) is 6.92. The van der Waals surface area contributed by atoms with Crippen LogP contribution in [-0.4, -0.2) is 18.0 Å². The number of hydrogen-bond acceptors (Lipinski definition) is 1. The molecule has 0 atom stereocenters. The van der Waals surface area contributed by atoms with Gasteiger partial charge in [0, 0.05) is 6.54 Å². The van der Waals surface area contributed by atoms with Crippen LogP contribution in [0, 0.1) is 0 Å². The molecule has 0 unspecified atom stereocenters. The lowest BCUT2D eigenvalue weighted by molar-refractivity contribution is 0.296. The van der Waals surface area contributed by atoms with Crippen molar-refractivity contribution in [3.05, 3.63) is 95.6 Å². The average Bonchev–Trinajstić information content (AvgIpc) is 2.90. The second-order valence-corrected chi connectivity index (χ2v) is 8.03. The van der Waals surface area contributed by atoms with E-state index in [0.717, 1.165) is 26.1 Å². The molecule has 4 aromatic rings. The smallest absolute Gasteiger partial charge is 0.0233 e. The lowest BCUT2D eigenvalue weighted by Gasteiger charge is -2.18. The molecule has 0 saturated carbocycles. The van der Waals surface area contributed by atoms with E-state index < -0.39 is 0 Å². The molecule has 0 amide bonds. The summed E-state index contributed by atoms with van der Waals surface area (Å²) in [7, 11) is 0. The molecule has 1 aliphatic carbocycles. The normalized spacial score (nSPS) is 12.4. The number of rotatable bonds is 4. The molecule has 0 bridgehead atoms. The summed E-state index contributed by atoms with van der Waals surface area (Å²) in [5.41, 5.74) is 9.67. The fourth-order valence-corrected chi connectivity index (χ4v) is 4.69. The third-order valence-corrected chi connectivity index (χ3v) is 6.33. The Hall–Kier alpha value is -2.90. The van der Waals surface area contributed by atoms with E-state index in [1.165, 1.54) is 49.7 Å². The van der Waals surface area contributed by atoms with Crippen molar-refractivity contribution < 1.29 is 0 Å². The molecule has 0 aromatic heterocycles. The first kappa shape index (κ1) is 18.1. The molecule has 0 N–H and O–H groups in total. The molecule has 0 radical (unpaired) electrons. The summed E-state index contributed by atoms with van der Waals surface area (Å²) >= 11 is 0. The highest BCUT2D eigenvalue weighted by molar-refractivity contribution is 5.95. The summed E-state index contributed by atoms with van der Waals surface area (Å²) in [6, 6.07) is 29.5. The summed E-state index contributed by atoms with van der Waals surface area (Å²) in [5.74, 6) is 0. The zero-order valence-corrected chi connectivity index (χ0v) is 17.3.